The van der Waals surface area contributed by atoms with Gasteiger partial charge in [0.05, 0.1) is 17.7 Å². The molecule has 40 heavy (non-hydrogen) atoms. The van der Waals surface area contributed by atoms with Crippen LogP contribution < -0.4 is 0 Å². The second kappa shape index (κ2) is 13.7. The Morgan fingerprint density at radius 1 is 0.600 bits per heavy atom. The molecule has 0 aliphatic carbocycles. The minimum absolute atomic E-state index is 0.192. The number of amides is 2. The van der Waals surface area contributed by atoms with Gasteiger partial charge in [-0.05, 0) is 35.7 Å². The highest BCUT2D eigenvalue weighted by Crippen LogP contribution is 2.46. The van der Waals surface area contributed by atoms with E-state index in [2.05, 4.69) is 13.8 Å². The summed E-state index contributed by atoms with van der Waals surface area (Å²) in [5, 5.41) is 14.0. The van der Waals surface area contributed by atoms with Gasteiger partial charge in [-0.25, -0.2) is 0 Å². The molecule has 0 unspecified atom stereocenters. The van der Waals surface area contributed by atoms with Crippen molar-refractivity contribution < 1.29 is 9.59 Å². The number of aryl methyl sites for hydroxylation is 1. The van der Waals surface area contributed by atoms with Gasteiger partial charge in [-0.1, -0.05) is 90.2 Å². The minimum Gasteiger partial charge on any atom is -0.274 e. The fourth-order valence-electron chi connectivity index (χ4n) is 5.67. The Morgan fingerprint density at radius 3 is 1.50 bits per heavy atom. The maximum Gasteiger partial charge on any atom is 0.262 e. The van der Waals surface area contributed by atoms with Crippen molar-refractivity contribution in [2.24, 2.45) is 0 Å². The van der Waals surface area contributed by atoms with Crippen LogP contribution in [-0.2, 0) is 6.54 Å². The molecule has 0 atom stereocenters. The smallest absolute Gasteiger partial charge is 0.262 e. The molecule has 6 nitrogen and oxygen atoms in total. The van der Waals surface area contributed by atoms with Crippen molar-refractivity contribution in [2.75, 3.05) is 6.54 Å². The van der Waals surface area contributed by atoms with Gasteiger partial charge in [-0.15, -0.1) is 22.7 Å². The fraction of sp³-hybridized carbons (Fsp3) is 0.500. The predicted octanol–water partition coefficient (Wildman–Crippen LogP) is 9.21. The number of imide groups is 1. The van der Waals surface area contributed by atoms with Crippen molar-refractivity contribution in [1.82, 2.24) is 19.9 Å². The summed E-state index contributed by atoms with van der Waals surface area (Å²) >= 11 is 3.15. The molecule has 1 aliphatic rings. The lowest BCUT2D eigenvalue weighted by molar-refractivity contribution is 0.0652. The maximum atomic E-state index is 14.0. The van der Waals surface area contributed by atoms with Gasteiger partial charge in [0, 0.05) is 27.4 Å². The molecule has 0 N–H and O–H groups in total. The van der Waals surface area contributed by atoms with E-state index < -0.39 is 0 Å². The molecule has 4 heterocycles. The van der Waals surface area contributed by atoms with E-state index >= 15 is 0 Å². The van der Waals surface area contributed by atoms with E-state index in [4.69, 9.17) is 10.2 Å². The van der Waals surface area contributed by atoms with Crippen molar-refractivity contribution >= 4 is 45.5 Å². The third-order valence-electron chi connectivity index (χ3n) is 7.78. The third kappa shape index (κ3) is 5.93. The monoisotopic (exact) mass is 576 g/mol. The van der Waals surface area contributed by atoms with Crippen molar-refractivity contribution in [2.45, 2.75) is 97.4 Å². The van der Waals surface area contributed by atoms with Gasteiger partial charge in [0.25, 0.3) is 11.8 Å². The van der Waals surface area contributed by atoms with Crippen LogP contribution in [0.4, 0.5) is 0 Å². The number of thiophene rings is 2. The molecule has 4 aromatic rings. The molecule has 1 aliphatic heterocycles. The van der Waals surface area contributed by atoms with Gasteiger partial charge in [-0.2, -0.15) is 15.0 Å². The van der Waals surface area contributed by atoms with Crippen molar-refractivity contribution in [1.29, 1.82) is 0 Å². The average molecular weight is 577 g/mol. The Kier molecular flexibility index (Phi) is 9.81. The molecule has 212 valence electrons. The molecule has 0 fully saturated rings. The van der Waals surface area contributed by atoms with E-state index in [9.17, 15) is 9.59 Å². The third-order valence-corrected chi connectivity index (χ3v) is 9.55. The number of carbonyl (C=O) groups is 2. The topological polar surface area (TPSA) is 68.1 Å². The molecule has 3 aromatic heterocycles. The van der Waals surface area contributed by atoms with Crippen LogP contribution in [0.5, 0.6) is 0 Å². The summed E-state index contributed by atoms with van der Waals surface area (Å²) in [6.07, 6.45) is 13.8. The van der Waals surface area contributed by atoms with Crippen LogP contribution in [0.2, 0.25) is 0 Å². The quantitative estimate of drug-likeness (QED) is 0.0985. The van der Waals surface area contributed by atoms with E-state index in [0.29, 0.717) is 17.7 Å². The van der Waals surface area contributed by atoms with E-state index in [1.54, 1.807) is 27.5 Å². The first-order valence-corrected chi connectivity index (χ1v) is 16.8. The van der Waals surface area contributed by atoms with Crippen LogP contribution in [-0.4, -0.2) is 38.3 Å². The van der Waals surface area contributed by atoms with Crippen molar-refractivity contribution in [3.63, 3.8) is 0 Å². The number of aromatic nitrogens is 3. The van der Waals surface area contributed by atoms with E-state index in [-0.39, 0.29) is 11.8 Å². The highest BCUT2D eigenvalue weighted by atomic mass is 32.1. The lowest BCUT2D eigenvalue weighted by Gasteiger charge is -2.13. The molecule has 0 saturated heterocycles. The molecule has 0 radical (unpaired) electrons. The number of fused-ring (bicyclic) bond motifs is 2. The summed E-state index contributed by atoms with van der Waals surface area (Å²) in [7, 11) is 0. The zero-order chi connectivity index (χ0) is 27.9. The second-order valence-corrected chi connectivity index (χ2v) is 12.6. The molecule has 5 rings (SSSR count). The summed E-state index contributed by atoms with van der Waals surface area (Å²) in [5.74, 6) is -0.385. The number of benzene rings is 1. The van der Waals surface area contributed by atoms with Gasteiger partial charge < -0.3 is 0 Å². The van der Waals surface area contributed by atoms with Crippen LogP contribution in [0.15, 0.2) is 35.0 Å². The van der Waals surface area contributed by atoms with E-state index in [1.165, 1.54) is 49.8 Å². The number of rotatable bonds is 16. The van der Waals surface area contributed by atoms with Gasteiger partial charge in [-0.3, -0.25) is 14.5 Å². The zero-order valence-electron chi connectivity index (χ0n) is 23.8. The van der Waals surface area contributed by atoms with Crippen molar-refractivity contribution in [3.8, 4) is 20.9 Å². The number of hydrogen-bond acceptors (Lipinski definition) is 6. The minimum atomic E-state index is -0.192. The van der Waals surface area contributed by atoms with E-state index in [0.717, 1.165) is 70.6 Å². The van der Waals surface area contributed by atoms with Crippen LogP contribution in [0.3, 0.4) is 0 Å². The lowest BCUT2D eigenvalue weighted by atomic mass is 9.93. The van der Waals surface area contributed by atoms with Gasteiger partial charge in [0.1, 0.15) is 11.0 Å². The van der Waals surface area contributed by atoms with Crippen LogP contribution in [0.25, 0.3) is 31.9 Å². The summed E-state index contributed by atoms with van der Waals surface area (Å²) in [4.78, 5) is 33.2. The Labute approximate surface area is 245 Å². The molecular formula is C32H40N4O2S2. The first kappa shape index (κ1) is 28.7. The standard InChI is InChI=1S/C32H40N4O2S2/c1-3-5-7-9-11-13-19-35-31(37)27-25(23-17-15-21-39-23)29-30(26(28(27)32(35)38)24-18-16-22-40-24)34-36(33-29)20-14-12-10-8-6-4-2/h15-18,21-22H,3-14,19-20H2,1-2H3. The lowest BCUT2D eigenvalue weighted by Crippen LogP contribution is -2.30. The first-order valence-electron chi connectivity index (χ1n) is 15.0. The summed E-state index contributed by atoms with van der Waals surface area (Å²) in [6, 6.07) is 8.01. The highest BCUT2D eigenvalue weighted by molar-refractivity contribution is 7.14. The SMILES string of the molecule is CCCCCCCCN1C(=O)c2c(c(-c3cccs3)c3nn(CCCCCCCC)nc3c2-c2cccs2)C1=O. The Morgan fingerprint density at radius 2 is 1.05 bits per heavy atom. The Bertz CT molecular complexity index is 1330. The van der Waals surface area contributed by atoms with Crippen LogP contribution >= 0.6 is 22.7 Å². The molecule has 0 spiro atoms. The van der Waals surface area contributed by atoms with Gasteiger partial charge in [0.15, 0.2) is 0 Å². The average Bonchev–Trinajstić information content (AvgIpc) is 3.77. The number of carbonyl (C=O) groups excluding carboxylic acids is 2. The van der Waals surface area contributed by atoms with Crippen molar-refractivity contribution in [3.05, 3.63) is 46.2 Å². The summed E-state index contributed by atoms with van der Waals surface area (Å²) in [6.45, 7) is 5.62. The van der Waals surface area contributed by atoms with E-state index in [1.807, 2.05) is 35.0 Å². The highest BCUT2D eigenvalue weighted by Gasteiger charge is 2.42. The zero-order valence-corrected chi connectivity index (χ0v) is 25.4. The predicted molar refractivity (Wildman–Crippen MR) is 166 cm³/mol. The molecular weight excluding hydrogens is 537 g/mol. The number of hydrogen-bond donors (Lipinski definition) is 0. The van der Waals surface area contributed by atoms with Gasteiger partial charge in [0.2, 0.25) is 0 Å². The second-order valence-electron chi connectivity index (χ2n) is 10.7. The number of nitrogens with zero attached hydrogens (tertiary/aromatic N) is 4. The molecule has 8 heteroatoms. The first-order chi connectivity index (χ1) is 19.7. The largest absolute Gasteiger partial charge is 0.274 e. The molecule has 0 bridgehead atoms. The molecule has 2 amide bonds. The van der Waals surface area contributed by atoms with Crippen LogP contribution in [0, 0.1) is 0 Å². The van der Waals surface area contributed by atoms with Gasteiger partial charge >= 0.3 is 0 Å². The normalized spacial score (nSPS) is 13.2. The van der Waals surface area contributed by atoms with Crippen LogP contribution in [0.1, 0.15) is 112 Å². The molecule has 1 aromatic carbocycles. The Balaban J connectivity index is 1.53. The number of unbranched alkanes of at least 4 members (excludes halogenated alkanes) is 10. The summed E-state index contributed by atoms with van der Waals surface area (Å²) in [5.41, 5.74) is 3.97. The molecule has 0 saturated carbocycles. The Hall–Kier alpha value is -2.84. The maximum absolute atomic E-state index is 14.0. The summed E-state index contributed by atoms with van der Waals surface area (Å²) < 4.78 is 0. The fourth-order valence-corrected chi connectivity index (χ4v) is 7.22.